The molecule has 2 rings (SSSR count). The van der Waals surface area contributed by atoms with Crippen LogP contribution in [0.2, 0.25) is 0 Å². The van der Waals surface area contributed by atoms with E-state index in [0.29, 0.717) is 12.1 Å². The van der Waals surface area contributed by atoms with Gasteiger partial charge >= 0.3 is 0 Å². The van der Waals surface area contributed by atoms with Gasteiger partial charge in [0.05, 0.1) is 17.9 Å². The first-order chi connectivity index (χ1) is 13.1. The van der Waals surface area contributed by atoms with Crippen molar-refractivity contribution in [2.45, 2.75) is 26.7 Å². The first kappa shape index (κ1) is 21.6. The molecule has 1 amide bonds. The van der Waals surface area contributed by atoms with Gasteiger partial charge < -0.3 is 5.32 Å². The Morgan fingerprint density at radius 3 is 2.46 bits per heavy atom. The summed E-state index contributed by atoms with van der Waals surface area (Å²) in [6, 6.07) is 10.2. The third-order valence-electron chi connectivity index (χ3n) is 4.42. The van der Waals surface area contributed by atoms with Gasteiger partial charge in [0, 0.05) is 6.54 Å². The summed E-state index contributed by atoms with van der Waals surface area (Å²) in [5.41, 5.74) is 3.81. The number of amides is 1. The standard InChI is InChI=1S/C21H25FN2O3S/c1-14-7-8-17(12-15(14)2)6-5-11-23-21(25)16(3)18-9-10-20(19(22)13-18)24-28(4,26)27/h5-10,12-13,16,24H,11H2,1-4H3,(H,23,25)/b6-5-. The number of halogens is 1. The minimum atomic E-state index is -3.57. The second-order valence-corrected chi connectivity index (χ2v) is 8.57. The summed E-state index contributed by atoms with van der Waals surface area (Å²) >= 11 is 0. The monoisotopic (exact) mass is 404 g/mol. The van der Waals surface area contributed by atoms with Crippen molar-refractivity contribution in [1.82, 2.24) is 5.32 Å². The van der Waals surface area contributed by atoms with Gasteiger partial charge in [-0.1, -0.05) is 36.4 Å². The SMILES string of the molecule is Cc1ccc(/C=C\CNC(=O)C(C)c2ccc(NS(C)(=O)=O)c(F)c2)cc1C. The van der Waals surface area contributed by atoms with Gasteiger partial charge in [-0.3, -0.25) is 9.52 Å². The Labute approximate surface area is 165 Å². The second-order valence-electron chi connectivity index (χ2n) is 6.83. The molecule has 1 unspecified atom stereocenters. The Kier molecular flexibility index (Phi) is 6.96. The van der Waals surface area contributed by atoms with E-state index in [0.717, 1.165) is 11.8 Å². The number of anilines is 1. The average Bonchev–Trinajstić information content (AvgIpc) is 2.61. The quantitative estimate of drug-likeness (QED) is 0.738. The molecule has 150 valence electrons. The van der Waals surface area contributed by atoms with Crippen LogP contribution in [0.4, 0.5) is 10.1 Å². The Morgan fingerprint density at radius 1 is 1.14 bits per heavy atom. The zero-order valence-corrected chi connectivity index (χ0v) is 17.2. The summed E-state index contributed by atoms with van der Waals surface area (Å²) in [6.07, 6.45) is 4.74. The van der Waals surface area contributed by atoms with E-state index < -0.39 is 21.8 Å². The molecule has 0 bridgehead atoms. The molecule has 5 nitrogen and oxygen atoms in total. The van der Waals surface area contributed by atoms with Crippen LogP contribution >= 0.6 is 0 Å². The largest absolute Gasteiger partial charge is 0.352 e. The van der Waals surface area contributed by atoms with Gasteiger partial charge in [-0.2, -0.15) is 0 Å². The fraction of sp³-hybridized carbons (Fsp3) is 0.286. The summed E-state index contributed by atoms with van der Waals surface area (Å²) in [4.78, 5) is 12.3. The van der Waals surface area contributed by atoms with Crippen LogP contribution in [0.15, 0.2) is 42.5 Å². The average molecular weight is 405 g/mol. The van der Waals surface area contributed by atoms with Gasteiger partial charge in [0.1, 0.15) is 5.82 Å². The van der Waals surface area contributed by atoms with Crippen LogP contribution in [0.5, 0.6) is 0 Å². The molecule has 0 aliphatic rings. The van der Waals surface area contributed by atoms with Crippen molar-refractivity contribution in [3.63, 3.8) is 0 Å². The Bertz CT molecular complexity index is 1000. The van der Waals surface area contributed by atoms with Crippen molar-refractivity contribution < 1.29 is 17.6 Å². The first-order valence-corrected chi connectivity index (χ1v) is 10.7. The zero-order valence-electron chi connectivity index (χ0n) is 16.4. The predicted octanol–water partition coefficient (Wildman–Crippen LogP) is 3.75. The number of carbonyl (C=O) groups is 1. The molecule has 0 radical (unpaired) electrons. The molecule has 2 aromatic carbocycles. The second kappa shape index (κ2) is 9.01. The number of hydrogen-bond donors (Lipinski definition) is 2. The molecule has 0 aromatic heterocycles. The van der Waals surface area contributed by atoms with E-state index in [9.17, 15) is 17.6 Å². The molecule has 0 aliphatic carbocycles. The van der Waals surface area contributed by atoms with Gasteiger partial charge in [-0.25, -0.2) is 12.8 Å². The molecule has 0 saturated heterocycles. The number of rotatable bonds is 7. The van der Waals surface area contributed by atoms with Crippen LogP contribution in [0.3, 0.4) is 0 Å². The van der Waals surface area contributed by atoms with Crippen molar-refractivity contribution in [1.29, 1.82) is 0 Å². The summed E-state index contributed by atoms with van der Waals surface area (Å²) < 4.78 is 38.6. The number of sulfonamides is 1. The number of hydrogen-bond acceptors (Lipinski definition) is 3. The van der Waals surface area contributed by atoms with Crippen molar-refractivity contribution in [3.05, 3.63) is 70.5 Å². The number of aryl methyl sites for hydroxylation is 2. The topological polar surface area (TPSA) is 75.3 Å². The van der Waals surface area contributed by atoms with E-state index in [2.05, 4.69) is 23.0 Å². The van der Waals surface area contributed by atoms with Gasteiger partial charge in [0.2, 0.25) is 15.9 Å². The Balaban J connectivity index is 1.95. The maximum atomic E-state index is 14.1. The Morgan fingerprint density at radius 2 is 1.86 bits per heavy atom. The first-order valence-electron chi connectivity index (χ1n) is 8.85. The van der Waals surface area contributed by atoms with Crippen molar-refractivity contribution in [2.24, 2.45) is 0 Å². The zero-order chi connectivity index (χ0) is 20.9. The highest BCUT2D eigenvalue weighted by Crippen LogP contribution is 2.22. The lowest BCUT2D eigenvalue weighted by Crippen LogP contribution is -2.28. The molecule has 7 heteroatoms. The summed E-state index contributed by atoms with van der Waals surface area (Å²) in [6.45, 7) is 6.12. The highest BCUT2D eigenvalue weighted by Gasteiger charge is 2.17. The van der Waals surface area contributed by atoms with E-state index in [4.69, 9.17) is 0 Å². The molecule has 0 aliphatic heterocycles. The maximum Gasteiger partial charge on any atom is 0.229 e. The minimum Gasteiger partial charge on any atom is -0.352 e. The lowest BCUT2D eigenvalue weighted by atomic mass is 10.00. The fourth-order valence-electron chi connectivity index (χ4n) is 2.61. The van der Waals surface area contributed by atoms with E-state index in [1.54, 1.807) is 6.92 Å². The van der Waals surface area contributed by atoms with E-state index >= 15 is 0 Å². The molecule has 0 saturated carbocycles. The molecule has 1 atom stereocenters. The van der Waals surface area contributed by atoms with Crippen molar-refractivity contribution in [3.8, 4) is 0 Å². The van der Waals surface area contributed by atoms with Crippen molar-refractivity contribution >= 4 is 27.7 Å². The highest BCUT2D eigenvalue weighted by atomic mass is 32.2. The van der Waals surface area contributed by atoms with Gasteiger partial charge in [-0.15, -0.1) is 0 Å². The van der Waals surface area contributed by atoms with Gasteiger partial charge in [0.15, 0.2) is 0 Å². The lowest BCUT2D eigenvalue weighted by Gasteiger charge is -2.13. The predicted molar refractivity (Wildman–Crippen MR) is 111 cm³/mol. The van der Waals surface area contributed by atoms with Gasteiger partial charge in [-0.05, 0) is 55.2 Å². The summed E-state index contributed by atoms with van der Waals surface area (Å²) in [5.74, 6) is -1.54. The third kappa shape index (κ3) is 6.20. The molecule has 0 heterocycles. The number of benzene rings is 2. The van der Waals surface area contributed by atoms with E-state index in [1.807, 2.05) is 31.2 Å². The number of carbonyl (C=O) groups excluding carboxylic acids is 1. The molecular weight excluding hydrogens is 379 g/mol. The van der Waals surface area contributed by atoms with E-state index in [-0.39, 0.29) is 11.6 Å². The fourth-order valence-corrected chi connectivity index (χ4v) is 3.18. The van der Waals surface area contributed by atoms with E-state index in [1.165, 1.54) is 29.3 Å². The summed E-state index contributed by atoms with van der Waals surface area (Å²) in [7, 11) is -3.57. The minimum absolute atomic E-state index is 0.143. The highest BCUT2D eigenvalue weighted by molar-refractivity contribution is 7.92. The molecule has 0 fully saturated rings. The smallest absolute Gasteiger partial charge is 0.229 e. The summed E-state index contributed by atoms with van der Waals surface area (Å²) in [5, 5.41) is 2.79. The molecule has 2 N–H and O–H groups in total. The Hall–Kier alpha value is -2.67. The van der Waals surface area contributed by atoms with Crippen LogP contribution in [-0.2, 0) is 14.8 Å². The lowest BCUT2D eigenvalue weighted by molar-refractivity contribution is -0.122. The third-order valence-corrected chi connectivity index (χ3v) is 5.01. The normalized spacial score (nSPS) is 12.8. The van der Waals surface area contributed by atoms with Crippen LogP contribution in [0.25, 0.3) is 6.08 Å². The van der Waals surface area contributed by atoms with Crippen LogP contribution in [-0.4, -0.2) is 27.1 Å². The molecule has 28 heavy (non-hydrogen) atoms. The van der Waals surface area contributed by atoms with Crippen LogP contribution in [0.1, 0.15) is 35.1 Å². The molecular formula is C21H25FN2O3S. The molecule has 2 aromatic rings. The van der Waals surface area contributed by atoms with Crippen LogP contribution < -0.4 is 10.0 Å². The maximum absolute atomic E-state index is 14.1. The molecule has 0 spiro atoms. The van der Waals surface area contributed by atoms with Crippen LogP contribution in [0, 0.1) is 19.7 Å². The van der Waals surface area contributed by atoms with Gasteiger partial charge in [0.25, 0.3) is 0 Å². The van der Waals surface area contributed by atoms with Crippen molar-refractivity contribution in [2.75, 3.05) is 17.5 Å². The number of nitrogens with one attached hydrogen (secondary N) is 2.